The average Bonchev–Trinajstić information content (AvgIpc) is 3.20. The molecular formula is C20H33NO6. The molecule has 0 spiro atoms. The SMILES string of the molecule is CC=C(C)C(=O)O[C@@H]1CCN2CC[C@H](COC(=O)[C@](O)(C(C)C)[C@@H](C)O)[C@@H]12. The van der Waals surface area contributed by atoms with Crippen molar-refractivity contribution in [2.75, 3.05) is 19.7 Å². The highest BCUT2D eigenvalue weighted by Crippen LogP contribution is 2.35. The lowest BCUT2D eigenvalue weighted by Gasteiger charge is -2.33. The molecule has 2 saturated heterocycles. The van der Waals surface area contributed by atoms with Gasteiger partial charge in [-0.05, 0) is 46.1 Å². The van der Waals surface area contributed by atoms with Crippen LogP contribution in [0.5, 0.6) is 0 Å². The van der Waals surface area contributed by atoms with Crippen LogP contribution in [0.15, 0.2) is 11.6 Å². The van der Waals surface area contributed by atoms with Crippen molar-refractivity contribution in [2.24, 2.45) is 11.8 Å². The van der Waals surface area contributed by atoms with Crippen molar-refractivity contribution < 1.29 is 29.3 Å². The number of carbonyl (C=O) groups is 2. The molecule has 2 heterocycles. The Hall–Kier alpha value is -1.44. The minimum Gasteiger partial charge on any atom is -0.463 e. The number of allylic oxidation sites excluding steroid dienone is 1. The van der Waals surface area contributed by atoms with E-state index in [1.165, 1.54) is 6.92 Å². The van der Waals surface area contributed by atoms with Crippen LogP contribution in [-0.2, 0) is 19.1 Å². The molecule has 2 N–H and O–H groups in total. The lowest BCUT2D eigenvalue weighted by molar-refractivity contribution is -0.186. The van der Waals surface area contributed by atoms with Crippen LogP contribution < -0.4 is 0 Å². The monoisotopic (exact) mass is 383 g/mol. The van der Waals surface area contributed by atoms with Crippen LogP contribution in [0.2, 0.25) is 0 Å². The molecule has 0 aliphatic carbocycles. The van der Waals surface area contributed by atoms with E-state index in [0.717, 1.165) is 25.9 Å². The first kappa shape index (κ1) is 21.9. The second-order valence-electron chi connectivity index (χ2n) is 8.03. The van der Waals surface area contributed by atoms with Gasteiger partial charge in [0.05, 0.1) is 18.8 Å². The Morgan fingerprint density at radius 2 is 1.89 bits per heavy atom. The summed E-state index contributed by atoms with van der Waals surface area (Å²) < 4.78 is 11.1. The minimum absolute atomic E-state index is 0.0186. The number of esters is 2. The Kier molecular flexibility index (Phi) is 7.05. The van der Waals surface area contributed by atoms with E-state index < -0.39 is 23.6 Å². The highest BCUT2D eigenvalue weighted by Gasteiger charge is 2.49. The number of hydrogen-bond donors (Lipinski definition) is 2. The molecule has 0 amide bonds. The van der Waals surface area contributed by atoms with E-state index in [4.69, 9.17) is 9.47 Å². The lowest BCUT2D eigenvalue weighted by Crippen LogP contribution is -2.53. The fourth-order valence-electron chi connectivity index (χ4n) is 4.06. The molecule has 0 aromatic carbocycles. The Morgan fingerprint density at radius 3 is 2.44 bits per heavy atom. The Labute approximate surface area is 161 Å². The Morgan fingerprint density at radius 1 is 1.26 bits per heavy atom. The molecule has 0 radical (unpaired) electrons. The van der Waals surface area contributed by atoms with Crippen LogP contribution in [0.25, 0.3) is 0 Å². The molecule has 2 aliphatic rings. The molecule has 7 heteroatoms. The fourth-order valence-corrected chi connectivity index (χ4v) is 4.06. The summed E-state index contributed by atoms with van der Waals surface area (Å²) in [6.07, 6.45) is 1.88. The normalized spacial score (nSPS) is 29.3. The summed E-state index contributed by atoms with van der Waals surface area (Å²) in [7, 11) is 0. The summed E-state index contributed by atoms with van der Waals surface area (Å²) in [4.78, 5) is 26.8. The van der Waals surface area contributed by atoms with Crippen LogP contribution in [0, 0.1) is 11.8 Å². The Balaban J connectivity index is 2.00. The van der Waals surface area contributed by atoms with Gasteiger partial charge >= 0.3 is 11.9 Å². The summed E-state index contributed by atoms with van der Waals surface area (Å²) in [6, 6.07) is 0.0186. The number of nitrogens with zero attached hydrogens (tertiary/aromatic N) is 1. The number of carbonyl (C=O) groups excluding carboxylic acids is 2. The van der Waals surface area contributed by atoms with Crippen LogP contribution in [0.3, 0.4) is 0 Å². The van der Waals surface area contributed by atoms with Crippen molar-refractivity contribution >= 4 is 11.9 Å². The van der Waals surface area contributed by atoms with E-state index in [9.17, 15) is 19.8 Å². The average molecular weight is 383 g/mol. The summed E-state index contributed by atoms with van der Waals surface area (Å²) in [5.74, 6) is -1.56. The maximum absolute atomic E-state index is 12.4. The first-order valence-corrected chi connectivity index (χ1v) is 9.78. The molecule has 27 heavy (non-hydrogen) atoms. The van der Waals surface area contributed by atoms with Crippen molar-refractivity contribution in [3.8, 4) is 0 Å². The molecule has 2 fully saturated rings. The second-order valence-corrected chi connectivity index (χ2v) is 8.03. The molecule has 0 aromatic heterocycles. The molecule has 7 nitrogen and oxygen atoms in total. The van der Waals surface area contributed by atoms with E-state index in [2.05, 4.69) is 4.90 Å². The fraction of sp³-hybridized carbons (Fsp3) is 0.800. The van der Waals surface area contributed by atoms with Crippen molar-refractivity contribution in [2.45, 2.75) is 71.3 Å². The highest BCUT2D eigenvalue weighted by atomic mass is 16.6. The minimum atomic E-state index is -1.93. The molecular weight excluding hydrogens is 350 g/mol. The summed E-state index contributed by atoms with van der Waals surface area (Å²) >= 11 is 0. The van der Waals surface area contributed by atoms with Crippen LogP contribution >= 0.6 is 0 Å². The summed E-state index contributed by atoms with van der Waals surface area (Å²) in [6.45, 7) is 10.1. The summed E-state index contributed by atoms with van der Waals surface area (Å²) in [5, 5.41) is 20.4. The van der Waals surface area contributed by atoms with Crippen molar-refractivity contribution in [3.05, 3.63) is 11.6 Å². The smallest absolute Gasteiger partial charge is 0.341 e. The lowest BCUT2D eigenvalue weighted by atomic mass is 9.85. The molecule has 0 saturated carbocycles. The van der Waals surface area contributed by atoms with Gasteiger partial charge in [0, 0.05) is 18.0 Å². The number of aliphatic hydroxyl groups is 2. The van der Waals surface area contributed by atoms with E-state index in [1.807, 2.05) is 0 Å². The first-order chi connectivity index (χ1) is 12.6. The zero-order valence-corrected chi connectivity index (χ0v) is 17.0. The van der Waals surface area contributed by atoms with Crippen molar-refractivity contribution in [3.63, 3.8) is 0 Å². The Bertz CT molecular complexity index is 577. The van der Waals surface area contributed by atoms with Gasteiger partial charge in [-0.2, -0.15) is 0 Å². The summed E-state index contributed by atoms with van der Waals surface area (Å²) in [5.41, 5.74) is -1.35. The third-order valence-corrected chi connectivity index (χ3v) is 6.06. The predicted octanol–water partition coefficient (Wildman–Crippen LogP) is 1.27. The number of ether oxygens (including phenoxy) is 2. The van der Waals surface area contributed by atoms with Crippen molar-refractivity contribution in [1.82, 2.24) is 4.90 Å². The van der Waals surface area contributed by atoms with Gasteiger partial charge in [0.15, 0.2) is 5.60 Å². The highest BCUT2D eigenvalue weighted by molar-refractivity contribution is 5.87. The molecule has 0 bridgehead atoms. The number of fused-ring (bicyclic) bond motifs is 1. The van der Waals surface area contributed by atoms with Crippen molar-refractivity contribution in [1.29, 1.82) is 0 Å². The van der Waals surface area contributed by atoms with Gasteiger partial charge < -0.3 is 19.7 Å². The standard InChI is InChI=1S/C20H33NO6/c1-6-13(4)18(23)27-16-8-10-21-9-7-15(17(16)21)11-26-19(24)20(25,12(2)3)14(5)22/h6,12,14-17,22,25H,7-11H2,1-5H3/t14-,15-,16-,17+,20+/m1/s1. The third kappa shape index (κ3) is 4.36. The molecule has 5 atom stereocenters. The van der Waals surface area contributed by atoms with Gasteiger partial charge in [0.1, 0.15) is 6.10 Å². The molecule has 2 aliphatic heterocycles. The van der Waals surface area contributed by atoms with Gasteiger partial charge in [-0.15, -0.1) is 0 Å². The number of hydrogen-bond acceptors (Lipinski definition) is 7. The zero-order valence-electron chi connectivity index (χ0n) is 17.0. The predicted molar refractivity (Wildman–Crippen MR) is 99.8 cm³/mol. The van der Waals surface area contributed by atoms with Crippen LogP contribution in [0.1, 0.15) is 47.5 Å². The van der Waals surface area contributed by atoms with E-state index in [1.54, 1.807) is 33.8 Å². The van der Waals surface area contributed by atoms with E-state index in [0.29, 0.717) is 5.57 Å². The molecule has 2 rings (SSSR count). The molecule has 0 aromatic rings. The maximum Gasteiger partial charge on any atom is 0.341 e. The van der Waals surface area contributed by atoms with Gasteiger partial charge in [0.25, 0.3) is 0 Å². The van der Waals surface area contributed by atoms with Gasteiger partial charge in [0.2, 0.25) is 0 Å². The second kappa shape index (κ2) is 8.71. The molecule has 0 unspecified atom stereocenters. The first-order valence-electron chi connectivity index (χ1n) is 9.78. The van der Waals surface area contributed by atoms with Crippen LogP contribution in [0.4, 0.5) is 0 Å². The van der Waals surface area contributed by atoms with Gasteiger partial charge in [-0.1, -0.05) is 19.9 Å². The topological polar surface area (TPSA) is 96.3 Å². The van der Waals surface area contributed by atoms with E-state index in [-0.39, 0.29) is 30.6 Å². The zero-order chi connectivity index (χ0) is 20.4. The maximum atomic E-state index is 12.4. The van der Waals surface area contributed by atoms with E-state index >= 15 is 0 Å². The van der Waals surface area contributed by atoms with Gasteiger partial charge in [-0.25, -0.2) is 9.59 Å². The quantitative estimate of drug-likeness (QED) is 0.505. The number of rotatable bonds is 7. The van der Waals surface area contributed by atoms with Gasteiger partial charge in [-0.3, -0.25) is 4.90 Å². The van der Waals surface area contributed by atoms with Crippen LogP contribution in [-0.4, -0.2) is 70.6 Å². The third-order valence-electron chi connectivity index (χ3n) is 6.06. The number of aliphatic hydroxyl groups excluding tert-OH is 1. The largest absolute Gasteiger partial charge is 0.463 e. The molecule has 154 valence electrons.